The van der Waals surface area contributed by atoms with Gasteiger partial charge in [0, 0.05) is 18.5 Å². The van der Waals surface area contributed by atoms with E-state index in [-0.39, 0.29) is 6.04 Å². The Morgan fingerprint density at radius 1 is 1.35 bits per heavy atom. The Morgan fingerprint density at radius 3 is 2.80 bits per heavy atom. The van der Waals surface area contributed by atoms with Crippen LogP contribution in [-0.2, 0) is 0 Å². The fourth-order valence-corrected chi connectivity index (χ4v) is 2.75. The Balaban J connectivity index is 1.73. The molecule has 0 aliphatic heterocycles. The van der Waals surface area contributed by atoms with Crippen LogP contribution < -0.4 is 5.32 Å². The number of furan rings is 1. The number of rotatable bonds is 7. The number of likely N-dealkylation sites (N-methyl/N-ethyl adjacent to an activating group) is 2. The van der Waals surface area contributed by atoms with E-state index in [4.69, 9.17) is 4.42 Å². The van der Waals surface area contributed by atoms with Crippen molar-refractivity contribution in [2.24, 2.45) is 5.92 Å². The molecule has 1 atom stereocenters. The lowest BCUT2D eigenvalue weighted by Gasteiger charge is -2.25. The Kier molecular flexibility index (Phi) is 4.08. The summed E-state index contributed by atoms with van der Waals surface area (Å²) in [6, 6.07) is 10.7. The molecule has 0 amide bonds. The molecule has 1 fully saturated rings. The summed E-state index contributed by atoms with van der Waals surface area (Å²) in [5.74, 6) is 1.98. The van der Waals surface area contributed by atoms with E-state index >= 15 is 0 Å². The lowest BCUT2D eigenvalue weighted by Crippen LogP contribution is -2.34. The second-order valence-corrected chi connectivity index (χ2v) is 5.82. The minimum atomic E-state index is 0.265. The molecule has 1 aromatic carbocycles. The summed E-state index contributed by atoms with van der Waals surface area (Å²) in [6.45, 7) is 5.60. The highest BCUT2D eigenvalue weighted by atomic mass is 16.3. The second kappa shape index (κ2) is 5.98. The number of fused-ring (bicyclic) bond motifs is 1. The van der Waals surface area contributed by atoms with E-state index in [1.165, 1.54) is 24.8 Å². The van der Waals surface area contributed by atoms with E-state index in [1.807, 2.05) is 19.2 Å². The molecule has 1 N–H and O–H groups in total. The standard InChI is InChI=1S/C17H24N2O/c1-3-19(11-13-8-9-13)12-15(18-2)17-10-14-6-4-5-7-16(14)20-17/h4-7,10,13,15,18H,3,8-9,11-12H2,1-2H3. The van der Waals surface area contributed by atoms with E-state index in [2.05, 4.69) is 35.3 Å². The van der Waals surface area contributed by atoms with Crippen LogP contribution in [0.2, 0.25) is 0 Å². The van der Waals surface area contributed by atoms with E-state index in [0.717, 1.165) is 30.4 Å². The van der Waals surface area contributed by atoms with E-state index in [0.29, 0.717) is 0 Å². The highest BCUT2D eigenvalue weighted by Crippen LogP contribution is 2.30. The summed E-state index contributed by atoms with van der Waals surface area (Å²) >= 11 is 0. The number of nitrogens with zero attached hydrogens (tertiary/aromatic N) is 1. The SMILES string of the molecule is CCN(CC1CC1)CC(NC)c1cc2ccccc2o1. The maximum atomic E-state index is 6.00. The van der Waals surface area contributed by atoms with E-state index in [1.54, 1.807) is 0 Å². The van der Waals surface area contributed by atoms with Gasteiger partial charge in [0.05, 0.1) is 6.04 Å². The van der Waals surface area contributed by atoms with Crippen LogP contribution >= 0.6 is 0 Å². The van der Waals surface area contributed by atoms with Crippen LogP contribution in [0.3, 0.4) is 0 Å². The maximum absolute atomic E-state index is 6.00. The van der Waals surface area contributed by atoms with Gasteiger partial charge in [-0.15, -0.1) is 0 Å². The van der Waals surface area contributed by atoms with E-state index in [9.17, 15) is 0 Å². The first-order valence-corrected chi connectivity index (χ1v) is 7.68. The van der Waals surface area contributed by atoms with Gasteiger partial charge < -0.3 is 14.6 Å². The topological polar surface area (TPSA) is 28.4 Å². The summed E-state index contributed by atoms with van der Waals surface area (Å²) in [5.41, 5.74) is 0.980. The molecule has 20 heavy (non-hydrogen) atoms. The molecule has 2 aromatic rings. The average molecular weight is 272 g/mol. The first-order valence-electron chi connectivity index (χ1n) is 7.68. The van der Waals surface area contributed by atoms with Gasteiger partial charge in [-0.1, -0.05) is 25.1 Å². The third-order valence-electron chi connectivity index (χ3n) is 4.24. The predicted molar refractivity (Wildman–Crippen MR) is 82.9 cm³/mol. The predicted octanol–water partition coefficient (Wildman–Crippen LogP) is 3.43. The molecule has 1 heterocycles. The molecule has 1 aromatic heterocycles. The molecule has 1 unspecified atom stereocenters. The van der Waals surface area contributed by atoms with Crippen LogP contribution in [0.1, 0.15) is 31.6 Å². The zero-order chi connectivity index (χ0) is 13.9. The third kappa shape index (κ3) is 3.05. The zero-order valence-corrected chi connectivity index (χ0v) is 12.4. The monoisotopic (exact) mass is 272 g/mol. The summed E-state index contributed by atoms with van der Waals surface area (Å²) in [7, 11) is 2.02. The smallest absolute Gasteiger partial charge is 0.134 e. The van der Waals surface area contributed by atoms with Gasteiger partial charge in [-0.3, -0.25) is 0 Å². The number of hydrogen-bond donors (Lipinski definition) is 1. The second-order valence-electron chi connectivity index (χ2n) is 5.82. The zero-order valence-electron chi connectivity index (χ0n) is 12.4. The number of para-hydroxylation sites is 1. The van der Waals surface area contributed by atoms with Gasteiger partial charge >= 0.3 is 0 Å². The van der Waals surface area contributed by atoms with Crippen molar-refractivity contribution in [1.29, 1.82) is 0 Å². The highest BCUT2D eigenvalue weighted by molar-refractivity contribution is 5.77. The van der Waals surface area contributed by atoms with Crippen molar-refractivity contribution in [2.75, 3.05) is 26.7 Å². The van der Waals surface area contributed by atoms with Crippen LogP contribution in [0.4, 0.5) is 0 Å². The lowest BCUT2D eigenvalue weighted by molar-refractivity contribution is 0.237. The first kappa shape index (κ1) is 13.7. The van der Waals surface area contributed by atoms with Crippen molar-refractivity contribution in [1.82, 2.24) is 10.2 Å². The van der Waals surface area contributed by atoms with Gasteiger partial charge in [-0.25, -0.2) is 0 Å². The Bertz CT molecular complexity index is 526. The Morgan fingerprint density at radius 2 is 2.15 bits per heavy atom. The molecule has 3 rings (SSSR count). The van der Waals surface area contributed by atoms with Crippen LogP contribution in [0.5, 0.6) is 0 Å². The quantitative estimate of drug-likeness (QED) is 0.837. The van der Waals surface area contributed by atoms with E-state index < -0.39 is 0 Å². The van der Waals surface area contributed by atoms with Crippen molar-refractivity contribution < 1.29 is 4.42 Å². The van der Waals surface area contributed by atoms with Gasteiger partial charge in [0.15, 0.2) is 0 Å². The molecule has 3 nitrogen and oxygen atoms in total. The molecule has 1 saturated carbocycles. The summed E-state index contributed by atoms with van der Waals surface area (Å²) in [4.78, 5) is 2.53. The van der Waals surface area contributed by atoms with Crippen molar-refractivity contribution in [3.05, 3.63) is 36.1 Å². The fraction of sp³-hybridized carbons (Fsp3) is 0.529. The normalized spacial score (nSPS) is 16.9. The first-order chi connectivity index (χ1) is 9.80. The van der Waals surface area contributed by atoms with Crippen LogP contribution in [0, 0.1) is 5.92 Å². The molecule has 0 bridgehead atoms. The molecule has 0 radical (unpaired) electrons. The maximum Gasteiger partial charge on any atom is 0.134 e. The number of nitrogens with one attached hydrogen (secondary N) is 1. The number of benzene rings is 1. The van der Waals surface area contributed by atoms with Crippen LogP contribution in [-0.4, -0.2) is 31.6 Å². The largest absolute Gasteiger partial charge is 0.459 e. The van der Waals surface area contributed by atoms with Gasteiger partial charge in [-0.2, -0.15) is 0 Å². The van der Waals surface area contributed by atoms with Crippen molar-refractivity contribution >= 4 is 11.0 Å². The minimum Gasteiger partial charge on any atom is -0.459 e. The lowest BCUT2D eigenvalue weighted by atomic mass is 10.2. The van der Waals surface area contributed by atoms with Gasteiger partial charge in [0.2, 0.25) is 0 Å². The highest BCUT2D eigenvalue weighted by Gasteiger charge is 2.25. The molecule has 3 heteroatoms. The molecule has 0 spiro atoms. The van der Waals surface area contributed by atoms with Crippen molar-refractivity contribution in [3.63, 3.8) is 0 Å². The Labute approximate surface area is 120 Å². The van der Waals surface area contributed by atoms with Gasteiger partial charge in [0.1, 0.15) is 11.3 Å². The van der Waals surface area contributed by atoms with Crippen LogP contribution in [0.25, 0.3) is 11.0 Å². The van der Waals surface area contributed by atoms with Gasteiger partial charge in [-0.05, 0) is 44.5 Å². The molecule has 1 aliphatic rings. The number of hydrogen-bond acceptors (Lipinski definition) is 3. The summed E-state index contributed by atoms with van der Waals surface area (Å²) < 4.78 is 6.00. The third-order valence-corrected chi connectivity index (χ3v) is 4.24. The van der Waals surface area contributed by atoms with Crippen molar-refractivity contribution in [3.8, 4) is 0 Å². The van der Waals surface area contributed by atoms with Gasteiger partial charge in [0.25, 0.3) is 0 Å². The van der Waals surface area contributed by atoms with Crippen LogP contribution in [0.15, 0.2) is 34.7 Å². The average Bonchev–Trinajstić information content (AvgIpc) is 3.18. The fourth-order valence-electron chi connectivity index (χ4n) is 2.75. The Hall–Kier alpha value is -1.32. The minimum absolute atomic E-state index is 0.265. The molecular formula is C17H24N2O. The molecule has 0 saturated heterocycles. The molecule has 1 aliphatic carbocycles. The summed E-state index contributed by atoms with van der Waals surface area (Å²) in [6.07, 6.45) is 2.82. The van der Waals surface area contributed by atoms with Crippen molar-refractivity contribution in [2.45, 2.75) is 25.8 Å². The summed E-state index contributed by atoms with van der Waals surface area (Å²) in [5, 5.41) is 4.59. The molecule has 108 valence electrons. The molecular weight excluding hydrogens is 248 g/mol.